The zero-order chi connectivity index (χ0) is 14.6. The lowest BCUT2D eigenvalue weighted by atomic mass is 10.1. The van der Waals surface area contributed by atoms with Crippen molar-refractivity contribution in [2.45, 2.75) is 37.6 Å². The van der Waals surface area contributed by atoms with Crippen molar-refractivity contribution in [3.8, 4) is 5.75 Å². The standard InChI is InChI=1S/C14H22N2O3S/c1-3-19-14-7-6-13(9-11(14)2)20(17,18)16-12-5-4-8-15-10-12/h6-7,9,12,15-16H,3-5,8,10H2,1-2H3/t12-/m1/s1. The van der Waals surface area contributed by atoms with Crippen molar-refractivity contribution in [1.29, 1.82) is 0 Å². The lowest BCUT2D eigenvalue weighted by Crippen LogP contribution is -2.45. The van der Waals surface area contributed by atoms with Gasteiger partial charge in [0.1, 0.15) is 5.75 Å². The monoisotopic (exact) mass is 298 g/mol. The van der Waals surface area contributed by atoms with Gasteiger partial charge in [-0.1, -0.05) is 0 Å². The molecule has 1 atom stereocenters. The molecule has 0 radical (unpaired) electrons. The molecule has 112 valence electrons. The zero-order valence-corrected chi connectivity index (χ0v) is 12.8. The summed E-state index contributed by atoms with van der Waals surface area (Å²) in [4.78, 5) is 0.295. The van der Waals surface area contributed by atoms with Crippen LogP contribution in [0.25, 0.3) is 0 Å². The maximum atomic E-state index is 12.3. The van der Waals surface area contributed by atoms with Crippen molar-refractivity contribution >= 4 is 10.0 Å². The van der Waals surface area contributed by atoms with Gasteiger partial charge in [-0.15, -0.1) is 0 Å². The average molecular weight is 298 g/mol. The van der Waals surface area contributed by atoms with E-state index in [2.05, 4.69) is 10.0 Å². The summed E-state index contributed by atoms with van der Waals surface area (Å²) >= 11 is 0. The molecule has 0 bridgehead atoms. The Labute approximate surface area is 120 Å². The number of ether oxygens (including phenoxy) is 1. The Morgan fingerprint density at radius 2 is 2.25 bits per heavy atom. The van der Waals surface area contributed by atoms with Crippen LogP contribution in [-0.2, 0) is 10.0 Å². The number of rotatable bonds is 5. The molecule has 1 heterocycles. The van der Waals surface area contributed by atoms with E-state index in [9.17, 15) is 8.42 Å². The number of nitrogens with one attached hydrogen (secondary N) is 2. The van der Waals surface area contributed by atoms with E-state index in [1.807, 2.05) is 13.8 Å². The minimum atomic E-state index is -3.46. The van der Waals surface area contributed by atoms with Gasteiger partial charge in [0, 0.05) is 12.6 Å². The minimum absolute atomic E-state index is 0.0272. The molecular weight excluding hydrogens is 276 g/mol. The van der Waals surface area contributed by atoms with E-state index in [0.717, 1.165) is 30.7 Å². The van der Waals surface area contributed by atoms with Gasteiger partial charge >= 0.3 is 0 Å². The molecule has 1 aromatic rings. The molecule has 0 spiro atoms. The third-order valence-corrected chi connectivity index (χ3v) is 4.89. The molecular formula is C14H22N2O3S. The van der Waals surface area contributed by atoms with Gasteiger partial charge < -0.3 is 10.1 Å². The van der Waals surface area contributed by atoms with Crippen LogP contribution in [0.15, 0.2) is 23.1 Å². The van der Waals surface area contributed by atoms with Crippen LogP contribution < -0.4 is 14.8 Å². The second-order valence-electron chi connectivity index (χ2n) is 5.02. The largest absolute Gasteiger partial charge is 0.494 e. The Morgan fingerprint density at radius 3 is 2.85 bits per heavy atom. The predicted octanol–water partition coefficient (Wildman–Crippen LogP) is 1.42. The predicted molar refractivity (Wildman–Crippen MR) is 78.6 cm³/mol. The van der Waals surface area contributed by atoms with Crippen molar-refractivity contribution in [3.05, 3.63) is 23.8 Å². The molecule has 0 amide bonds. The van der Waals surface area contributed by atoms with Gasteiger partial charge in [-0.05, 0) is 57.0 Å². The summed E-state index contributed by atoms with van der Waals surface area (Å²) in [7, 11) is -3.46. The van der Waals surface area contributed by atoms with Crippen molar-refractivity contribution in [1.82, 2.24) is 10.0 Å². The minimum Gasteiger partial charge on any atom is -0.494 e. The van der Waals surface area contributed by atoms with E-state index in [4.69, 9.17) is 4.74 Å². The van der Waals surface area contributed by atoms with Crippen LogP contribution in [0.5, 0.6) is 5.75 Å². The number of aryl methyl sites for hydroxylation is 1. The SMILES string of the molecule is CCOc1ccc(S(=O)(=O)N[C@@H]2CCCNC2)cc1C. The number of sulfonamides is 1. The normalized spacial score (nSPS) is 19.8. The second kappa shape index (κ2) is 6.56. The summed E-state index contributed by atoms with van der Waals surface area (Å²) in [5, 5.41) is 3.20. The number of hydrogen-bond acceptors (Lipinski definition) is 4. The fourth-order valence-corrected chi connectivity index (χ4v) is 3.70. The van der Waals surface area contributed by atoms with Gasteiger partial charge in [0.05, 0.1) is 11.5 Å². The van der Waals surface area contributed by atoms with Gasteiger partial charge in [0.2, 0.25) is 10.0 Å². The summed E-state index contributed by atoms with van der Waals surface area (Å²) < 4.78 is 32.9. The first-order valence-corrected chi connectivity index (χ1v) is 8.47. The summed E-state index contributed by atoms with van der Waals surface area (Å²) in [5.74, 6) is 0.728. The summed E-state index contributed by atoms with van der Waals surface area (Å²) in [5.41, 5.74) is 0.830. The van der Waals surface area contributed by atoms with E-state index >= 15 is 0 Å². The highest BCUT2D eigenvalue weighted by Crippen LogP contribution is 2.22. The van der Waals surface area contributed by atoms with E-state index in [1.54, 1.807) is 18.2 Å². The van der Waals surface area contributed by atoms with Crippen LogP contribution in [0, 0.1) is 6.92 Å². The van der Waals surface area contributed by atoms with Gasteiger partial charge in [-0.3, -0.25) is 0 Å². The van der Waals surface area contributed by atoms with E-state index in [-0.39, 0.29) is 6.04 Å². The molecule has 6 heteroatoms. The highest BCUT2D eigenvalue weighted by atomic mass is 32.2. The van der Waals surface area contributed by atoms with Gasteiger partial charge in [-0.2, -0.15) is 0 Å². The molecule has 0 aliphatic carbocycles. The van der Waals surface area contributed by atoms with Gasteiger partial charge in [-0.25, -0.2) is 13.1 Å². The first-order valence-electron chi connectivity index (χ1n) is 6.99. The second-order valence-corrected chi connectivity index (χ2v) is 6.74. The molecule has 1 aromatic carbocycles. The zero-order valence-electron chi connectivity index (χ0n) is 12.0. The molecule has 1 aliphatic heterocycles. The fraction of sp³-hybridized carbons (Fsp3) is 0.571. The number of hydrogen-bond donors (Lipinski definition) is 2. The topological polar surface area (TPSA) is 67.4 Å². The van der Waals surface area contributed by atoms with Crippen molar-refractivity contribution in [3.63, 3.8) is 0 Å². The first-order chi connectivity index (χ1) is 9.53. The Balaban J connectivity index is 2.14. The first kappa shape index (κ1) is 15.3. The van der Waals surface area contributed by atoms with E-state index in [1.165, 1.54) is 0 Å². The maximum Gasteiger partial charge on any atom is 0.240 e. The van der Waals surface area contributed by atoms with E-state index in [0.29, 0.717) is 18.0 Å². The highest BCUT2D eigenvalue weighted by Gasteiger charge is 2.22. The van der Waals surface area contributed by atoms with Crippen LogP contribution in [0.1, 0.15) is 25.3 Å². The van der Waals surface area contributed by atoms with Crippen LogP contribution in [0.4, 0.5) is 0 Å². The molecule has 2 N–H and O–H groups in total. The number of piperidine rings is 1. The lowest BCUT2D eigenvalue weighted by molar-refractivity contribution is 0.337. The summed E-state index contributed by atoms with van der Waals surface area (Å²) in [6, 6.07) is 4.94. The van der Waals surface area contributed by atoms with Crippen LogP contribution >= 0.6 is 0 Å². The molecule has 20 heavy (non-hydrogen) atoms. The molecule has 0 unspecified atom stereocenters. The molecule has 2 rings (SSSR count). The van der Waals surface area contributed by atoms with E-state index < -0.39 is 10.0 Å². The lowest BCUT2D eigenvalue weighted by Gasteiger charge is -2.23. The summed E-state index contributed by atoms with van der Waals surface area (Å²) in [6.07, 6.45) is 1.87. The number of benzene rings is 1. The maximum absolute atomic E-state index is 12.3. The molecule has 0 aromatic heterocycles. The average Bonchev–Trinajstić information content (AvgIpc) is 2.42. The quantitative estimate of drug-likeness (QED) is 0.863. The van der Waals surface area contributed by atoms with Gasteiger partial charge in [0.15, 0.2) is 0 Å². The molecule has 1 fully saturated rings. The summed E-state index contributed by atoms with van der Waals surface area (Å²) in [6.45, 7) is 5.97. The third kappa shape index (κ3) is 3.71. The van der Waals surface area contributed by atoms with Gasteiger partial charge in [0.25, 0.3) is 0 Å². The Morgan fingerprint density at radius 1 is 1.45 bits per heavy atom. The molecule has 0 saturated carbocycles. The smallest absolute Gasteiger partial charge is 0.240 e. The van der Waals surface area contributed by atoms with Crippen LogP contribution in [0.3, 0.4) is 0 Å². The van der Waals surface area contributed by atoms with Crippen LogP contribution in [0.2, 0.25) is 0 Å². The third-order valence-electron chi connectivity index (χ3n) is 3.38. The molecule has 1 saturated heterocycles. The van der Waals surface area contributed by atoms with Crippen molar-refractivity contribution in [2.24, 2.45) is 0 Å². The van der Waals surface area contributed by atoms with Crippen molar-refractivity contribution < 1.29 is 13.2 Å². The molecule has 1 aliphatic rings. The highest BCUT2D eigenvalue weighted by molar-refractivity contribution is 7.89. The Hall–Kier alpha value is -1.11. The molecule has 5 nitrogen and oxygen atoms in total. The van der Waals surface area contributed by atoms with Crippen LogP contribution in [-0.4, -0.2) is 34.2 Å². The Bertz CT molecular complexity index is 552. The Kier molecular flexibility index (Phi) is 5.01. The van der Waals surface area contributed by atoms with Crippen molar-refractivity contribution in [2.75, 3.05) is 19.7 Å². The fourth-order valence-electron chi connectivity index (χ4n) is 2.35.